The lowest BCUT2D eigenvalue weighted by Crippen LogP contribution is -2.62. The summed E-state index contributed by atoms with van der Waals surface area (Å²) in [5.74, 6) is -5.77. The number of likely N-dealkylation sites (tertiary alicyclic amines) is 1. The number of halogens is 6. The van der Waals surface area contributed by atoms with Crippen molar-refractivity contribution in [3.63, 3.8) is 0 Å². The molecule has 358 valence electrons. The molecule has 3 aliphatic rings. The number of alkyl halides is 4. The molecule has 6 atom stereocenters. The predicted molar refractivity (Wildman–Crippen MR) is 233 cm³/mol. The molecule has 4 rings (SSSR count). The summed E-state index contributed by atoms with van der Waals surface area (Å²) in [6.45, 7) is 9.27. The highest BCUT2D eigenvalue weighted by Crippen LogP contribution is 2.52. The largest absolute Gasteiger partial charge is 0.403 e. The molecule has 20 heteroatoms. The summed E-state index contributed by atoms with van der Waals surface area (Å²) in [7, 11) is 1.40. The monoisotopic (exact) mass is 947 g/mol. The number of nitrogens with zero attached hydrogens (tertiary/aromatic N) is 3. The molecule has 14 nitrogen and oxygen atoms in total. The Labute approximate surface area is 382 Å². The minimum Gasteiger partial charge on any atom is -0.354 e. The van der Waals surface area contributed by atoms with Crippen LogP contribution in [0.1, 0.15) is 111 Å². The highest BCUT2D eigenvalue weighted by Gasteiger charge is 2.63. The average Bonchev–Trinajstić information content (AvgIpc) is 3.89. The van der Waals surface area contributed by atoms with Gasteiger partial charge in [0.15, 0.2) is 0 Å². The number of rotatable bonds is 11. The topological polar surface area (TPSA) is 177 Å². The van der Waals surface area contributed by atoms with Gasteiger partial charge in [0.2, 0.25) is 41.4 Å². The van der Waals surface area contributed by atoms with Gasteiger partial charge in [-0.3, -0.25) is 33.6 Å². The van der Waals surface area contributed by atoms with Crippen molar-refractivity contribution in [2.24, 2.45) is 11.3 Å². The molecule has 3 fully saturated rings. The molecule has 0 radical (unpaired) electrons. The summed E-state index contributed by atoms with van der Waals surface area (Å²) in [4.78, 5) is 102. The van der Waals surface area contributed by atoms with Crippen LogP contribution in [0.25, 0.3) is 0 Å². The lowest BCUT2D eigenvalue weighted by Gasteiger charge is -2.37. The molecular weight excluding hydrogens is 885 g/mol. The molecule has 1 aliphatic carbocycles. The van der Waals surface area contributed by atoms with Gasteiger partial charge in [-0.25, -0.2) is 4.39 Å². The van der Waals surface area contributed by atoms with Gasteiger partial charge in [0.1, 0.15) is 47.3 Å². The zero-order chi connectivity index (χ0) is 47.9. The first-order chi connectivity index (χ1) is 29.9. The van der Waals surface area contributed by atoms with Crippen molar-refractivity contribution in [3.8, 4) is 0 Å². The SMILES string of the molecule is CC[C@H](NC(=O)[C@@H]1C[C@@H](F)CN1C(=O)C1(C(F)(F)F)CCCC1)C(=O)N(CC)[C@H]1CCCCNC(=O)C(C)(C)NC(=O)[C@H](Cc2cc(Cl)ccc2Cl)N(C)C(=O)[C@H](CC(C)C)NC1=O. The van der Waals surface area contributed by atoms with Crippen LogP contribution in [0.3, 0.4) is 0 Å². The van der Waals surface area contributed by atoms with Crippen LogP contribution in [-0.2, 0) is 40.0 Å². The molecule has 4 N–H and O–H groups in total. The van der Waals surface area contributed by atoms with Crippen molar-refractivity contribution in [1.29, 1.82) is 0 Å². The predicted octanol–water partition coefficient (Wildman–Crippen LogP) is 5.26. The number of hydrogen-bond donors (Lipinski definition) is 4. The molecule has 1 aromatic carbocycles. The first kappa shape index (κ1) is 52.4. The third-order valence-corrected chi connectivity index (χ3v) is 13.2. The van der Waals surface area contributed by atoms with Crippen LogP contribution in [0.4, 0.5) is 17.6 Å². The lowest BCUT2D eigenvalue weighted by atomic mass is 9.83. The molecule has 2 aliphatic heterocycles. The van der Waals surface area contributed by atoms with Gasteiger partial charge in [-0.1, -0.05) is 56.8 Å². The molecule has 0 unspecified atom stereocenters. The van der Waals surface area contributed by atoms with E-state index in [4.69, 9.17) is 23.2 Å². The Kier molecular flexibility index (Phi) is 17.9. The van der Waals surface area contributed by atoms with E-state index in [0.717, 1.165) is 0 Å². The van der Waals surface area contributed by atoms with Crippen molar-refractivity contribution in [3.05, 3.63) is 33.8 Å². The van der Waals surface area contributed by atoms with E-state index in [0.29, 0.717) is 28.3 Å². The number of carbonyl (C=O) groups is 7. The molecule has 2 saturated heterocycles. The Bertz CT molecular complexity index is 1900. The first-order valence-electron chi connectivity index (χ1n) is 22.1. The van der Waals surface area contributed by atoms with Gasteiger partial charge >= 0.3 is 6.18 Å². The highest BCUT2D eigenvalue weighted by atomic mass is 35.5. The number of benzene rings is 1. The van der Waals surface area contributed by atoms with Crippen molar-refractivity contribution >= 4 is 64.6 Å². The maximum atomic E-state index is 14.9. The van der Waals surface area contributed by atoms with Gasteiger partial charge in [-0.15, -0.1) is 0 Å². The van der Waals surface area contributed by atoms with E-state index >= 15 is 0 Å². The van der Waals surface area contributed by atoms with Gasteiger partial charge in [0, 0.05) is 43.0 Å². The quantitative estimate of drug-likeness (QED) is 0.219. The van der Waals surface area contributed by atoms with Crippen LogP contribution >= 0.6 is 23.2 Å². The van der Waals surface area contributed by atoms with E-state index in [9.17, 15) is 51.1 Å². The minimum absolute atomic E-state index is 0.0389. The summed E-state index contributed by atoms with van der Waals surface area (Å²) >= 11 is 12.8. The Morgan fingerprint density at radius 2 is 1.66 bits per heavy atom. The molecule has 0 spiro atoms. The average molecular weight is 949 g/mol. The fraction of sp³-hybridized carbons (Fsp3) is 0.705. The van der Waals surface area contributed by atoms with Crippen LogP contribution in [0.15, 0.2) is 18.2 Å². The Morgan fingerprint density at radius 1 is 1.00 bits per heavy atom. The van der Waals surface area contributed by atoms with Crippen LogP contribution in [0.2, 0.25) is 10.0 Å². The smallest absolute Gasteiger partial charge is 0.354 e. The highest BCUT2D eigenvalue weighted by molar-refractivity contribution is 6.33. The van der Waals surface area contributed by atoms with Crippen molar-refractivity contribution < 1.29 is 51.1 Å². The summed E-state index contributed by atoms with van der Waals surface area (Å²) in [6, 6.07) is -1.94. The van der Waals surface area contributed by atoms with Gasteiger partial charge in [-0.2, -0.15) is 13.2 Å². The zero-order valence-corrected chi connectivity index (χ0v) is 39.2. The minimum atomic E-state index is -4.91. The number of nitrogens with one attached hydrogen (secondary N) is 4. The Morgan fingerprint density at radius 3 is 2.25 bits per heavy atom. The molecule has 0 bridgehead atoms. The normalized spacial score (nSPS) is 25.4. The second-order valence-electron chi connectivity index (χ2n) is 18.2. The number of carbonyl (C=O) groups excluding carboxylic acids is 7. The summed E-state index contributed by atoms with van der Waals surface area (Å²) in [5, 5.41) is 11.6. The molecular formula is C44H63Cl2F4N7O7. The fourth-order valence-corrected chi connectivity index (χ4v) is 9.29. The van der Waals surface area contributed by atoms with E-state index in [1.807, 2.05) is 13.8 Å². The standard InChI is InChI=1S/C44H63Cl2F4N7O7/c1-8-30(52-36(59)34-23-28(47)24-57(34)41(64)43(44(48,49)50)17-11-12-18-43)39(62)56(9-2)32-14-10-13-19-51-40(63)42(5,6)54-37(60)33(22-26-21-27(45)15-16-29(26)46)55(7)38(61)31(20-25(3)4)53-35(32)58/h15-16,21,25,28,30-34H,8-14,17-20,22-24H2,1-7H3,(H,51,63)(H,52,59)(H,53,58)(H,54,60)/t28-,30+,31+,32+,33+,34+/m1/s1. The van der Waals surface area contributed by atoms with Gasteiger partial charge < -0.3 is 36.0 Å². The second kappa shape index (κ2) is 21.9. The summed E-state index contributed by atoms with van der Waals surface area (Å²) in [5.41, 5.74) is -3.72. The van der Waals surface area contributed by atoms with Crippen molar-refractivity contribution in [2.75, 3.05) is 26.7 Å². The van der Waals surface area contributed by atoms with Crippen LogP contribution in [0, 0.1) is 11.3 Å². The molecule has 7 amide bonds. The molecule has 1 saturated carbocycles. The van der Waals surface area contributed by atoms with Crippen LogP contribution < -0.4 is 21.3 Å². The van der Waals surface area contributed by atoms with Crippen molar-refractivity contribution in [2.45, 2.75) is 160 Å². The Hall–Kier alpha value is -4.19. The summed E-state index contributed by atoms with van der Waals surface area (Å²) in [6.07, 6.45) is -7.24. The zero-order valence-electron chi connectivity index (χ0n) is 37.6. The first-order valence-corrected chi connectivity index (χ1v) is 22.9. The molecule has 0 aromatic heterocycles. The maximum Gasteiger partial charge on any atom is 0.403 e. The fourth-order valence-electron chi connectivity index (χ4n) is 8.90. The maximum absolute atomic E-state index is 14.9. The summed E-state index contributed by atoms with van der Waals surface area (Å²) < 4.78 is 58.1. The van der Waals surface area contributed by atoms with Gasteiger partial charge in [-0.05, 0) is 95.4 Å². The van der Waals surface area contributed by atoms with Crippen molar-refractivity contribution in [1.82, 2.24) is 36.0 Å². The van der Waals surface area contributed by atoms with E-state index in [1.165, 1.54) is 30.7 Å². The van der Waals surface area contributed by atoms with E-state index in [1.54, 1.807) is 32.0 Å². The third kappa shape index (κ3) is 12.2. The number of hydrogen-bond acceptors (Lipinski definition) is 7. The van der Waals surface area contributed by atoms with Crippen LogP contribution in [0.5, 0.6) is 0 Å². The second-order valence-corrected chi connectivity index (χ2v) is 19.0. The van der Waals surface area contributed by atoms with Gasteiger partial charge in [0.25, 0.3) is 0 Å². The number of likely N-dealkylation sites (N-methyl/N-ethyl adjacent to an activating group) is 2. The lowest BCUT2D eigenvalue weighted by molar-refractivity contribution is -0.226. The van der Waals surface area contributed by atoms with Crippen LogP contribution in [-0.4, -0.2) is 131 Å². The molecule has 2 heterocycles. The third-order valence-electron chi connectivity index (χ3n) is 12.6. The van der Waals surface area contributed by atoms with Gasteiger partial charge in [0.05, 0.1) is 6.54 Å². The molecule has 1 aromatic rings. The van der Waals surface area contributed by atoms with E-state index in [2.05, 4.69) is 21.3 Å². The Balaban J connectivity index is 1.66. The number of amides is 7. The molecule has 64 heavy (non-hydrogen) atoms. The van der Waals surface area contributed by atoms with E-state index < -0.39 is 121 Å². The van der Waals surface area contributed by atoms with E-state index in [-0.39, 0.29) is 62.6 Å².